The maximum absolute atomic E-state index is 14.0. The first kappa shape index (κ1) is 36.9. The molecule has 3 heterocycles. The van der Waals surface area contributed by atoms with Gasteiger partial charge in [0.1, 0.15) is 23.7 Å². The maximum atomic E-state index is 14.0. The van der Waals surface area contributed by atoms with Crippen molar-refractivity contribution in [3.8, 4) is 6.07 Å². The molecule has 264 valence electrons. The monoisotopic (exact) mass is 687 g/mol. The number of nitrogens with one attached hydrogen (secondary N) is 2. The van der Waals surface area contributed by atoms with Crippen LogP contribution in [0.5, 0.6) is 0 Å². The number of alkyl halides is 3. The van der Waals surface area contributed by atoms with E-state index in [1.165, 1.54) is 6.07 Å². The van der Waals surface area contributed by atoms with E-state index in [0.717, 1.165) is 5.56 Å². The Morgan fingerprint density at radius 2 is 1.69 bits per heavy atom. The normalized spacial score (nSPS) is 17.3. The van der Waals surface area contributed by atoms with Gasteiger partial charge in [0.15, 0.2) is 0 Å². The fraction of sp³-hybridized carbons (Fsp3) is 0.545. The van der Waals surface area contributed by atoms with Crippen molar-refractivity contribution in [3.05, 3.63) is 47.3 Å². The number of carboxylic acid groups (broad SMARTS) is 2. The molecular formula is C33H40F3N7O6. The first-order chi connectivity index (χ1) is 23.3. The van der Waals surface area contributed by atoms with Gasteiger partial charge in [-0.25, -0.2) is 14.8 Å². The lowest BCUT2D eigenvalue weighted by Gasteiger charge is -2.34. The Morgan fingerprint density at radius 3 is 2.33 bits per heavy atom. The molecule has 0 bridgehead atoms. The molecule has 16 heteroatoms. The summed E-state index contributed by atoms with van der Waals surface area (Å²) < 4.78 is 41.9. The highest BCUT2D eigenvalue weighted by atomic mass is 19.4. The van der Waals surface area contributed by atoms with E-state index in [2.05, 4.69) is 26.7 Å². The summed E-state index contributed by atoms with van der Waals surface area (Å²) in [5.41, 5.74) is 1.47. The highest BCUT2D eigenvalue weighted by molar-refractivity contribution is 5.86. The maximum Gasteiger partial charge on any atom is 0.451 e. The number of carboxylic acids is 2. The van der Waals surface area contributed by atoms with Crippen molar-refractivity contribution in [2.75, 3.05) is 36.0 Å². The van der Waals surface area contributed by atoms with E-state index in [0.29, 0.717) is 76.7 Å². The van der Waals surface area contributed by atoms with Crippen LogP contribution in [0.1, 0.15) is 74.7 Å². The largest absolute Gasteiger partial charge is 0.481 e. The Balaban J connectivity index is 1.32. The van der Waals surface area contributed by atoms with E-state index in [1.54, 1.807) is 21.9 Å². The van der Waals surface area contributed by atoms with Crippen LogP contribution in [0.15, 0.2) is 30.3 Å². The summed E-state index contributed by atoms with van der Waals surface area (Å²) in [5.74, 6) is -4.15. The van der Waals surface area contributed by atoms with Crippen molar-refractivity contribution in [2.45, 2.75) is 82.5 Å². The molecule has 2 aromatic rings. The smallest absolute Gasteiger partial charge is 0.451 e. The van der Waals surface area contributed by atoms with Crippen LogP contribution in [-0.2, 0) is 31.8 Å². The Bertz CT molecular complexity index is 1520. The van der Waals surface area contributed by atoms with Gasteiger partial charge >= 0.3 is 18.1 Å². The molecule has 2 fully saturated rings. The van der Waals surface area contributed by atoms with Gasteiger partial charge in [0.2, 0.25) is 17.6 Å². The molecular weight excluding hydrogens is 647 g/mol. The summed E-state index contributed by atoms with van der Waals surface area (Å²) in [4.78, 5) is 58.5. The summed E-state index contributed by atoms with van der Waals surface area (Å²) in [5, 5.41) is 32.2. The van der Waals surface area contributed by atoms with Crippen molar-refractivity contribution in [2.24, 2.45) is 5.92 Å². The molecule has 0 aliphatic carbocycles. The molecule has 4 N–H and O–H groups in total. The van der Waals surface area contributed by atoms with Crippen LogP contribution in [-0.4, -0.2) is 82.2 Å². The van der Waals surface area contributed by atoms with Gasteiger partial charge in [0, 0.05) is 45.1 Å². The van der Waals surface area contributed by atoms with Crippen molar-refractivity contribution in [1.82, 2.24) is 20.6 Å². The lowest BCUT2D eigenvalue weighted by atomic mass is 9.91. The minimum atomic E-state index is -4.80. The van der Waals surface area contributed by atoms with E-state index in [9.17, 15) is 37.5 Å². The quantitative estimate of drug-likeness (QED) is 0.215. The number of anilines is 2. The molecule has 2 atom stereocenters. The Kier molecular flexibility index (Phi) is 12.8. The average molecular weight is 688 g/mol. The molecule has 0 radical (unpaired) electrons. The molecule has 13 nitrogen and oxygen atoms in total. The third-order valence-electron chi connectivity index (χ3n) is 8.83. The Labute approximate surface area is 281 Å². The van der Waals surface area contributed by atoms with Crippen molar-refractivity contribution >= 4 is 35.4 Å². The van der Waals surface area contributed by atoms with Crippen LogP contribution >= 0.6 is 0 Å². The Hall–Kier alpha value is -4.94. The summed E-state index contributed by atoms with van der Waals surface area (Å²) in [6.45, 7) is 1.55. The molecule has 0 saturated carbocycles. The fourth-order valence-electron chi connectivity index (χ4n) is 6.16. The molecule has 1 aromatic carbocycles. The predicted octanol–water partition coefficient (Wildman–Crippen LogP) is 3.52. The summed E-state index contributed by atoms with van der Waals surface area (Å²) in [6, 6.07) is 8.60. The van der Waals surface area contributed by atoms with Gasteiger partial charge in [-0.05, 0) is 75.0 Å². The highest BCUT2D eigenvalue weighted by Crippen LogP contribution is 2.34. The van der Waals surface area contributed by atoms with E-state index >= 15 is 0 Å². The number of aliphatic carboxylic acids is 2. The number of carbonyl (C=O) groups excluding carboxylic acids is 2. The summed E-state index contributed by atoms with van der Waals surface area (Å²) in [7, 11) is 0. The van der Waals surface area contributed by atoms with Crippen LogP contribution in [0.4, 0.5) is 24.8 Å². The zero-order chi connectivity index (χ0) is 35.6. The Morgan fingerprint density at radius 1 is 1.00 bits per heavy atom. The second kappa shape index (κ2) is 16.9. The first-order valence-corrected chi connectivity index (χ1v) is 16.3. The molecule has 2 amide bonds. The van der Waals surface area contributed by atoms with Gasteiger partial charge in [-0.2, -0.15) is 18.4 Å². The molecule has 4 rings (SSSR count). The molecule has 1 aromatic heterocycles. The van der Waals surface area contributed by atoms with Gasteiger partial charge in [-0.3, -0.25) is 14.4 Å². The second-order valence-electron chi connectivity index (χ2n) is 12.3. The highest BCUT2D eigenvalue weighted by Gasteiger charge is 2.39. The van der Waals surface area contributed by atoms with Crippen molar-refractivity contribution < 1.29 is 42.6 Å². The molecule has 0 spiro atoms. The summed E-state index contributed by atoms with van der Waals surface area (Å²) >= 11 is 0. The van der Waals surface area contributed by atoms with Gasteiger partial charge < -0.3 is 30.6 Å². The number of nitrogens with zero attached hydrogens (tertiary/aromatic N) is 5. The lowest BCUT2D eigenvalue weighted by molar-refractivity contribution is -0.145. The second-order valence-corrected chi connectivity index (χ2v) is 12.3. The van der Waals surface area contributed by atoms with Crippen molar-refractivity contribution in [1.29, 1.82) is 5.26 Å². The van der Waals surface area contributed by atoms with E-state index in [4.69, 9.17) is 10.4 Å². The number of nitriles is 1. The number of carbonyl (C=O) groups is 4. The topological polar surface area (TPSA) is 189 Å². The lowest BCUT2D eigenvalue weighted by Crippen LogP contribution is -2.44. The molecule has 49 heavy (non-hydrogen) atoms. The minimum absolute atomic E-state index is 0.0400. The number of piperidine rings is 1. The third-order valence-corrected chi connectivity index (χ3v) is 8.83. The van der Waals surface area contributed by atoms with Crippen LogP contribution in [0.25, 0.3) is 0 Å². The number of amides is 2. The average Bonchev–Trinajstić information content (AvgIpc) is 3.57. The van der Waals surface area contributed by atoms with Crippen LogP contribution in [0, 0.1) is 17.2 Å². The third kappa shape index (κ3) is 10.8. The fourth-order valence-corrected chi connectivity index (χ4v) is 6.16. The number of halogens is 3. The van der Waals surface area contributed by atoms with Crippen LogP contribution < -0.4 is 20.4 Å². The number of hydrogen-bond acceptors (Lipinski definition) is 9. The van der Waals surface area contributed by atoms with E-state index in [-0.39, 0.29) is 42.7 Å². The zero-order valence-corrected chi connectivity index (χ0v) is 26.9. The first-order valence-electron chi connectivity index (χ1n) is 16.3. The number of aromatic nitrogens is 2. The molecule has 2 aliphatic rings. The molecule has 2 aliphatic heterocycles. The molecule has 2 saturated heterocycles. The van der Waals surface area contributed by atoms with E-state index in [1.807, 2.05) is 12.1 Å². The van der Waals surface area contributed by atoms with Crippen LogP contribution in [0.2, 0.25) is 0 Å². The van der Waals surface area contributed by atoms with Crippen molar-refractivity contribution in [3.63, 3.8) is 0 Å². The SMILES string of the molecule is N#Cc1ccc(CCNC(=O)[C@@H]2CCCN2c2cc(N3CCC(CCCC(=O)NC(CCC(=O)O)C(=O)O)CC3)nc(C(F)(F)F)n2)cc1. The zero-order valence-electron chi connectivity index (χ0n) is 26.9. The van der Waals surface area contributed by atoms with Gasteiger partial charge in [-0.15, -0.1) is 0 Å². The number of rotatable bonds is 15. The minimum Gasteiger partial charge on any atom is -0.481 e. The van der Waals surface area contributed by atoms with E-state index < -0.39 is 41.9 Å². The number of hydrogen-bond donors (Lipinski definition) is 4. The van der Waals surface area contributed by atoms with Gasteiger partial charge in [-0.1, -0.05) is 12.1 Å². The van der Waals surface area contributed by atoms with Gasteiger partial charge in [0.05, 0.1) is 11.6 Å². The van der Waals surface area contributed by atoms with Gasteiger partial charge in [0.25, 0.3) is 0 Å². The predicted molar refractivity (Wildman–Crippen MR) is 170 cm³/mol. The molecule has 1 unspecified atom stereocenters. The number of benzene rings is 1. The summed E-state index contributed by atoms with van der Waals surface area (Å²) in [6.07, 6.45) is -1.30. The standard InChI is InChI=1S/C33H40F3N7O6/c34-33(35,36)32-40-26(42-17-13-21(14-18-42)3-1-5-28(44)39-24(31(48)49)10-11-29(45)46)19-27(41-32)43-16-2-4-25(43)30(47)38-15-12-22-6-8-23(20-37)9-7-22/h6-9,19,21,24-25H,1-5,10-18H2,(H,38,47)(H,39,44)(H,45,46)(H,48,49)/t24?,25-/m0/s1. The van der Waals surface area contributed by atoms with Crippen LogP contribution in [0.3, 0.4) is 0 Å².